The Labute approximate surface area is 85.5 Å². The number of nitrogens with one attached hydrogen (secondary N) is 1. The largest absolute Gasteiger partial charge is 0.323 e. The Morgan fingerprint density at radius 1 is 1.21 bits per heavy atom. The summed E-state index contributed by atoms with van der Waals surface area (Å²) in [7, 11) is -4.09. The fraction of sp³-hybridized carbons (Fsp3) is 0.143. The lowest BCUT2D eigenvalue weighted by molar-refractivity contribution is 0.241. The maximum absolute atomic E-state index is 12.3. The van der Waals surface area contributed by atoms with Gasteiger partial charge in [0.2, 0.25) is 0 Å². The predicted octanol–water partition coefficient (Wildman–Crippen LogP) is 2.88. The maximum Gasteiger partial charge on any atom is 0.323 e. The van der Waals surface area contributed by atoms with E-state index >= 15 is 0 Å². The van der Waals surface area contributed by atoms with Crippen LogP contribution in [0.2, 0.25) is 0 Å². The number of hydrogen-bond acceptors (Lipinski definition) is 2. The zero-order chi connectivity index (χ0) is 10.1. The molecule has 0 bridgehead atoms. The van der Waals surface area contributed by atoms with E-state index in [2.05, 4.69) is 0 Å². The second kappa shape index (κ2) is 4.65. The molecule has 0 amide bonds. The molecule has 7 heteroatoms. The Hall–Kier alpha value is -0.750. The van der Waals surface area contributed by atoms with Crippen LogP contribution in [0.15, 0.2) is 29.2 Å². The van der Waals surface area contributed by atoms with Crippen molar-refractivity contribution in [3.63, 3.8) is 0 Å². The average molecular weight is 246 g/mol. The van der Waals surface area contributed by atoms with E-state index in [1.54, 1.807) is 0 Å². The molecular weight excluding hydrogens is 239 g/mol. The van der Waals surface area contributed by atoms with Gasteiger partial charge in [-0.1, -0.05) is 0 Å². The van der Waals surface area contributed by atoms with Crippen LogP contribution < -0.4 is 0 Å². The summed E-state index contributed by atoms with van der Waals surface area (Å²) >= 11 is 0. The van der Waals surface area contributed by atoms with E-state index in [1.165, 1.54) is 0 Å². The second-order valence-corrected chi connectivity index (χ2v) is 4.34. The first-order valence-electron chi connectivity index (χ1n) is 3.26. The first-order valence-corrected chi connectivity index (χ1v) is 4.88. The van der Waals surface area contributed by atoms with Gasteiger partial charge in [0, 0.05) is 0 Å². The number of halogens is 4. The third-order valence-corrected chi connectivity index (χ3v) is 2.89. The smallest absolute Gasteiger partial charge is 0.244 e. The number of rotatable bonds is 2. The Kier molecular flexibility index (Phi) is 4.41. The summed E-state index contributed by atoms with van der Waals surface area (Å²) < 4.78 is 54.3. The summed E-state index contributed by atoms with van der Waals surface area (Å²) in [5.41, 5.74) is 0. The Morgan fingerprint density at radius 2 is 1.64 bits per heavy atom. The maximum atomic E-state index is 12.3. The third kappa shape index (κ3) is 2.62. The summed E-state index contributed by atoms with van der Waals surface area (Å²) in [6, 6.07) is 3.64. The van der Waals surface area contributed by atoms with Gasteiger partial charge in [0.15, 0.2) is 0 Å². The molecule has 0 aliphatic rings. The van der Waals surface area contributed by atoms with Gasteiger partial charge in [0.25, 0.3) is 0 Å². The highest BCUT2D eigenvalue weighted by Gasteiger charge is 2.21. The molecule has 0 spiro atoms. The Bertz CT molecular complexity index is 390. The van der Waals surface area contributed by atoms with Gasteiger partial charge < -0.3 is 0 Å². The zero-order valence-electron chi connectivity index (χ0n) is 6.75. The molecule has 80 valence electrons. The van der Waals surface area contributed by atoms with Crippen molar-refractivity contribution in [3.05, 3.63) is 30.1 Å². The molecule has 1 rings (SSSR count). The molecule has 2 nitrogen and oxygen atoms in total. The van der Waals surface area contributed by atoms with E-state index in [4.69, 9.17) is 4.78 Å². The zero-order valence-corrected chi connectivity index (χ0v) is 8.38. The van der Waals surface area contributed by atoms with Crippen molar-refractivity contribution < 1.29 is 17.4 Å². The molecular formula is C7H7ClF3NOS. The summed E-state index contributed by atoms with van der Waals surface area (Å²) in [5.74, 6) is -3.87. The van der Waals surface area contributed by atoms with Crippen LogP contribution in [0.25, 0.3) is 0 Å². The first-order chi connectivity index (χ1) is 5.94. The minimum Gasteiger partial charge on any atom is -0.244 e. The van der Waals surface area contributed by atoms with Crippen LogP contribution in [0.1, 0.15) is 0 Å². The second-order valence-electron chi connectivity index (χ2n) is 2.32. The van der Waals surface area contributed by atoms with Crippen molar-refractivity contribution in [2.45, 2.75) is 10.7 Å². The van der Waals surface area contributed by atoms with Gasteiger partial charge in [0.05, 0.1) is 4.90 Å². The first kappa shape index (κ1) is 13.2. The lowest BCUT2D eigenvalue weighted by Gasteiger charge is -2.04. The molecule has 0 fully saturated rings. The molecule has 0 saturated carbocycles. The van der Waals surface area contributed by atoms with E-state index in [0.29, 0.717) is 0 Å². The van der Waals surface area contributed by atoms with Crippen molar-refractivity contribution >= 4 is 22.1 Å². The van der Waals surface area contributed by atoms with E-state index in [1.807, 2.05) is 0 Å². The van der Waals surface area contributed by atoms with Gasteiger partial charge in [-0.25, -0.2) is 13.4 Å². The highest BCUT2D eigenvalue weighted by atomic mass is 35.5. The molecule has 0 radical (unpaired) electrons. The minimum atomic E-state index is -4.09. The van der Waals surface area contributed by atoms with Crippen LogP contribution in [0.3, 0.4) is 0 Å². The molecule has 0 aromatic heterocycles. The molecule has 0 aliphatic carbocycles. The standard InChI is InChI=1S/C7H6F3NOS.ClH/c8-5-1-3-6(4-2-5)13(11,12)7(9)10;/h1-4,7,11H;1H. The highest BCUT2D eigenvalue weighted by molar-refractivity contribution is 7.92. The van der Waals surface area contributed by atoms with Gasteiger partial charge in [0.1, 0.15) is 15.5 Å². The van der Waals surface area contributed by atoms with E-state index < -0.39 is 21.3 Å². The monoisotopic (exact) mass is 245 g/mol. The molecule has 0 aliphatic heterocycles. The molecule has 0 heterocycles. The molecule has 1 aromatic rings. The Morgan fingerprint density at radius 3 is 2.00 bits per heavy atom. The number of alkyl halides is 2. The SMILES string of the molecule is Cl.N=S(=O)(c1ccc(F)cc1)C(F)F. The minimum absolute atomic E-state index is 0. The lowest BCUT2D eigenvalue weighted by Crippen LogP contribution is -2.09. The van der Waals surface area contributed by atoms with Crippen molar-refractivity contribution in [3.8, 4) is 0 Å². The molecule has 1 unspecified atom stereocenters. The van der Waals surface area contributed by atoms with E-state index in [9.17, 15) is 17.4 Å². The molecule has 1 atom stereocenters. The van der Waals surface area contributed by atoms with Crippen molar-refractivity contribution in [1.29, 1.82) is 4.78 Å². The number of benzene rings is 1. The summed E-state index contributed by atoms with van der Waals surface area (Å²) in [6.45, 7) is 0. The topological polar surface area (TPSA) is 40.9 Å². The quantitative estimate of drug-likeness (QED) is 0.855. The van der Waals surface area contributed by atoms with Gasteiger partial charge >= 0.3 is 5.76 Å². The highest BCUT2D eigenvalue weighted by Crippen LogP contribution is 2.18. The van der Waals surface area contributed by atoms with Crippen LogP contribution in [-0.2, 0) is 9.73 Å². The third-order valence-electron chi connectivity index (χ3n) is 1.41. The summed E-state index contributed by atoms with van der Waals surface area (Å²) in [5, 5.41) is 0. The van der Waals surface area contributed by atoms with Crippen LogP contribution in [0, 0.1) is 10.6 Å². The fourth-order valence-electron chi connectivity index (χ4n) is 0.740. The average Bonchev–Trinajstić information content (AvgIpc) is 2.04. The van der Waals surface area contributed by atoms with Crippen LogP contribution in [0.4, 0.5) is 13.2 Å². The van der Waals surface area contributed by atoms with Crippen LogP contribution >= 0.6 is 12.4 Å². The predicted molar refractivity (Wildman–Crippen MR) is 48.8 cm³/mol. The van der Waals surface area contributed by atoms with Gasteiger partial charge in [-0.3, -0.25) is 0 Å². The number of hydrogen-bond donors (Lipinski definition) is 1. The van der Waals surface area contributed by atoms with Crippen molar-refractivity contribution in [2.24, 2.45) is 0 Å². The lowest BCUT2D eigenvalue weighted by atomic mass is 10.4. The van der Waals surface area contributed by atoms with E-state index in [-0.39, 0.29) is 17.3 Å². The van der Waals surface area contributed by atoms with Crippen LogP contribution in [-0.4, -0.2) is 9.97 Å². The summed E-state index contributed by atoms with van der Waals surface area (Å²) in [4.78, 5) is -0.357. The van der Waals surface area contributed by atoms with Crippen molar-refractivity contribution in [1.82, 2.24) is 0 Å². The Balaban J connectivity index is 0.00000169. The normalized spacial score (nSPS) is 14.6. The molecule has 1 aromatic carbocycles. The summed E-state index contributed by atoms with van der Waals surface area (Å²) in [6.07, 6.45) is 0. The van der Waals surface area contributed by atoms with E-state index in [0.717, 1.165) is 24.3 Å². The molecule has 14 heavy (non-hydrogen) atoms. The van der Waals surface area contributed by atoms with Gasteiger partial charge in [-0.05, 0) is 24.3 Å². The van der Waals surface area contributed by atoms with Gasteiger partial charge in [-0.15, -0.1) is 12.4 Å². The van der Waals surface area contributed by atoms with Crippen molar-refractivity contribution in [2.75, 3.05) is 0 Å². The van der Waals surface area contributed by atoms with Gasteiger partial charge in [-0.2, -0.15) is 8.78 Å². The fourth-order valence-corrected chi connectivity index (χ4v) is 1.49. The van der Waals surface area contributed by atoms with Crippen LogP contribution in [0.5, 0.6) is 0 Å². The molecule has 1 N–H and O–H groups in total. The molecule has 0 saturated heterocycles.